The largest absolute Gasteiger partial charge is 0.292 e. The standard InChI is InChI=1S/C21H20F3N3OS2/c22-16-6-7-27(19(9-16)14-4-2-1-3-5-14)11-15-8-18(24)20(10-17(15)23)30(28)12-21-25-13-26-29-21/h1-5,8,10,13,16,19H,6-7,9,11-12H2/t16-,19+,30?/m1/s1. The van der Waals surface area contributed by atoms with Gasteiger partial charge in [0, 0.05) is 24.7 Å². The summed E-state index contributed by atoms with van der Waals surface area (Å²) in [5.41, 5.74) is 1.12. The van der Waals surface area contributed by atoms with Crippen LogP contribution in [0.15, 0.2) is 53.7 Å². The van der Waals surface area contributed by atoms with Gasteiger partial charge in [0.25, 0.3) is 0 Å². The second-order valence-electron chi connectivity index (χ2n) is 7.22. The molecule has 1 aliphatic heterocycles. The number of piperidine rings is 1. The quantitative estimate of drug-likeness (QED) is 0.540. The first-order valence-corrected chi connectivity index (χ1v) is 11.7. The molecule has 4 rings (SSSR count). The Bertz CT molecular complexity index is 1020. The van der Waals surface area contributed by atoms with E-state index in [0.29, 0.717) is 24.4 Å². The number of hydrogen-bond donors (Lipinski definition) is 0. The van der Waals surface area contributed by atoms with Gasteiger partial charge < -0.3 is 0 Å². The number of likely N-dealkylation sites (tertiary alicyclic amines) is 1. The Morgan fingerprint density at radius 3 is 2.70 bits per heavy atom. The Kier molecular flexibility index (Phi) is 6.60. The molecule has 1 aliphatic rings. The van der Waals surface area contributed by atoms with Gasteiger partial charge in [0.15, 0.2) is 0 Å². The van der Waals surface area contributed by atoms with E-state index in [-0.39, 0.29) is 28.8 Å². The lowest BCUT2D eigenvalue weighted by Crippen LogP contribution is -2.37. The summed E-state index contributed by atoms with van der Waals surface area (Å²) < 4.78 is 59.8. The van der Waals surface area contributed by atoms with Crippen LogP contribution in [-0.2, 0) is 23.1 Å². The van der Waals surface area contributed by atoms with Crippen LogP contribution in [0.25, 0.3) is 0 Å². The molecule has 1 aromatic heterocycles. The fraction of sp³-hybridized carbons (Fsp3) is 0.333. The molecule has 0 spiro atoms. The summed E-state index contributed by atoms with van der Waals surface area (Å²) in [6.45, 7) is 0.602. The van der Waals surface area contributed by atoms with Crippen molar-refractivity contribution in [2.24, 2.45) is 0 Å². The fourth-order valence-corrected chi connectivity index (χ4v) is 5.52. The predicted octanol–water partition coefficient (Wildman–Crippen LogP) is 4.80. The van der Waals surface area contributed by atoms with Crippen LogP contribution in [0.1, 0.15) is 35.0 Å². The van der Waals surface area contributed by atoms with Crippen molar-refractivity contribution < 1.29 is 17.4 Å². The van der Waals surface area contributed by atoms with Gasteiger partial charge in [-0.05, 0) is 42.1 Å². The number of hydrogen-bond acceptors (Lipinski definition) is 5. The van der Waals surface area contributed by atoms with E-state index in [1.54, 1.807) is 0 Å². The van der Waals surface area contributed by atoms with Crippen LogP contribution in [0, 0.1) is 11.6 Å². The van der Waals surface area contributed by atoms with Crippen molar-refractivity contribution >= 4 is 22.3 Å². The molecule has 2 heterocycles. The normalized spacial score (nSPS) is 20.9. The van der Waals surface area contributed by atoms with E-state index in [0.717, 1.165) is 29.2 Å². The lowest BCUT2D eigenvalue weighted by molar-refractivity contribution is 0.0825. The molecule has 1 unspecified atom stereocenters. The van der Waals surface area contributed by atoms with Crippen LogP contribution < -0.4 is 0 Å². The average Bonchev–Trinajstić information content (AvgIpc) is 3.25. The highest BCUT2D eigenvalue weighted by Gasteiger charge is 2.30. The van der Waals surface area contributed by atoms with Crippen LogP contribution in [-0.4, -0.2) is 31.2 Å². The Balaban J connectivity index is 1.55. The lowest BCUT2D eigenvalue weighted by atomic mass is 9.93. The van der Waals surface area contributed by atoms with Crippen molar-refractivity contribution in [3.05, 3.63) is 76.6 Å². The van der Waals surface area contributed by atoms with E-state index in [1.165, 1.54) is 6.33 Å². The van der Waals surface area contributed by atoms with Crippen molar-refractivity contribution in [3.8, 4) is 0 Å². The zero-order valence-electron chi connectivity index (χ0n) is 16.0. The molecule has 30 heavy (non-hydrogen) atoms. The van der Waals surface area contributed by atoms with E-state index in [9.17, 15) is 17.4 Å². The molecule has 158 valence electrons. The minimum absolute atomic E-state index is 0.0134. The first-order valence-electron chi connectivity index (χ1n) is 9.56. The fourth-order valence-electron chi connectivity index (χ4n) is 3.72. The highest BCUT2D eigenvalue weighted by molar-refractivity contribution is 7.84. The summed E-state index contributed by atoms with van der Waals surface area (Å²) in [5, 5.41) is 0.497. The van der Waals surface area contributed by atoms with Gasteiger partial charge in [0.05, 0.1) is 21.4 Å². The van der Waals surface area contributed by atoms with E-state index < -0.39 is 28.6 Å². The average molecular weight is 452 g/mol. The number of nitrogens with zero attached hydrogens (tertiary/aromatic N) is 3. The maximum Gasteiger partial charge on any atom is 0.139 e. The first-order chi connectivity index (χ1) is 14.5. The van der Waals surface area contributed by atoms with Crippen LogP contribution in [0.5, 0.6) is 0 Å². The van der Waals surface area contributed by atoms with Crippen LogP contribution >= 0.6 is 11.5 Å². The molecule has 1 saturated heterocycles. The van der Waals surface area contributed by atoms with Crippen molar-refractivity contribution in [1.29, 1.82) is 0 Å². The van der Waals surface area contributed by atoms with Gasteiger partial charge in [-0.25, -0.2) is 18.2 Å². The molecule has 9 heteroatoms. The summed E-state index contributed by atoms with van der Waals surface area (Å²) >= 11 is 1.07. The molecule has 0 N–H and O–H groups in total. The number of aromatic nitrogens is 2. The topological polar surface area (TPSA) is 46.1 Å². The van der Waals surface area contributed by atoms with Crippen LogP contribution in [0.2, 0.25) is 0 Å². The number of halogens is 3. The molecule has 3 aromatic rings. The molecule has 0 aliphatic carbocycles. The highest BCUT2D eigenvalue weighted by atomic mass is 32.2. The Hall–Kier alpha value is -2.10. The third-order valence-electron chi connectivity index (χ3n) is 5.21. The molecule has 4 nitrogen and oxygen atoms in total. The lowest BCUT2D eigenvalue weighted by Gasteiger charge is -2.37. The molecular formula is C21H20F3N3OS2. The van der Waals surface area contributed by atoms with Crippen LogP contribution in [0.3, 0.4) is 0 Å². The van der Waals surface area contributed by atoms with Crippen LogP contribution in [0.4, 0.5) is 13.2 Å². The van der Waals surface area contributed by atoms with Gasteiger partial charge in [-0.2, -0.15) is 4.37 Å². The van der Waals surface area contributed by atoms with E-state index in [2.05, 4.69) is 9.36 Å². The third kappa shape index (κ3) is 4.79. The molecule has 0 bridgehead atoms. The third-order valence-corrected chi connectivity index (χ3v) is 7.40. The molecule has 1 fully saturated rings. The molecule has 2 aromatic carbocycles. The molecule has 0 amide bonds. The van der Waals surface area contributed by atoms with Crippen molar-refractivity contribution in [2.45, 2.75) is 42.2 Å². The maximum atomic E-state index is 14.8. The first kappa shape index (κ1) is 21.1. The SMILES string of the molecule is O=S(Cc1ncns1)c1cc(F)c(CN2CC[C@@H](F)C[C@H]2c2ccccc2)cc1F. The Labute approximate surface area is 179 Å². The summed E-state index contributed by atoms with van der Waals surface area (Å²) in [4.78, 5) is 5.72. The van der Waals surface area contributed by atoms with Gasteiger partial charge in [0.1, 0.15) is 29.1 Å². The summed E-state index contributed by atoms with van der Waals surface area (Å²) in [6.07, 6.45) is 1.09. The Morgan fingerprint density at radius 1 is 1.17 bits per heavy atom. The van der Waals surface area contributed by atoms with Crippen molar-refractivity contribution in [1.82, 2.24) is 14.3 Å². The number of alkyl halides is 1. The van der Waals surface area contributed by atoms with Gasteiger partial charge in [-0.1, -0.05) is 30.3 Å². The smallest absolute Gasteiger partial charge is 0.139 e. The van der Waals surface area contributed by atoms with Gasteiger partial charge >= 0.3 is 0 Å². The molecule has 0 radical (unpaired) electrons. The van der Waals surface area contributed by atoms with Crippen molar-refractivity contribution in [2.75, 3.05) is 6.54 Å². The summed E-state index contributed by atoms with van der Waals surface area (Å²) in [5.74, 6) is -1.35. The second kappa shape index (κ2) is 9.36. The molecule has 0 saturated carbocycles. The molecular weight excluding hydrogens is 431 g/mol. The van der Waals surface area contributed by atoms with E-state index in [4.69, 9.17) is 0 Å². The zero-order chi connectivity index (χ0) is 21.1. The predicted molar refractivity (Wildman–Crippen MR) is 110 cm³/mol. The monoisotopic (exact) mass is 451 g/mol. The van der Waals surface area contributed by atoms with Gasteiger partial charge in [0.2, 0.25) is 0 Å². The van der Waals surface area contributed by atoms with E-state index in [1.807, 2.05) is 35.2 Å². The van der Waals surface area contributed by atoms with Gasteiger partial charge in [-0.3, -0.25) is 9.11 Å². The van der Waals surface area contributed by atoms with Crippen molar-refractivity contribution in [3.63, 3.8) is 0 Å². The Morgan fingerprint density at radius 2 is 1.97 bits per heavy atom. The highest BCUT2D eigenvalue weighted by Crippen LogP contribution is 2.34. The zero-order valence-corrected chi connectivity index (χ0v) is 17.6. The number of rotatable bonds is 6. The van der Waals surface area contributed by atoms with E-state index >= 15 is 0 Å². The minimum atomic E-state index is -1.76. The summed E-state index contributed by atoms with van der Waals surface area (Å²) in [6, 6.07) is 11.4. The minimum Gasteiger partial charge on any atom is -0.292 e. The molecule has 3 atom stereocenters. The maximum absolute atomic E-state index is 14.8. The number of benzene rings is 2. The second-order valence-corrected chi connectivity index (χ2v) is 9.50. The van der Waals surface area contributed by atoms with Gasteiger partial charge in [-0.15, -0.1) is 0 Å². The summed E-state index contributed by atoms with van der Waals surface area (Å²) in [7, 11) is -1.76.